The Morgan fingerprint density at radius 2 is 1.96 bits per heavy atom. The summed E-state index contributed by atoms with van der Waals surface area (Å²) in [6.45, 7) is 0. The highest BCUT2D eigenvalue weighted by molar-refractivity contribution is 7.90. The zero-order valence-corrected chi connectivity index (χ0v) is 14.2. The van der Waals surface area contributed by atoms with Crippen LogP contribution in [0.4, 0.5) is 0 Å². The van der Waals surface area contributed by atoms with Gasteiger partial charge in [0.25, 0.3) is 15.9 Å². The van der Waals surface area contributed by atoms with Crippen molar-refractivity contribution in [3.63, 3.8) is 0 Å². The molecule has 0 bridgehead atoms. The summed E-state index contributed by atoms with van der Waals surface area (Å²) in [5, 5.41) is 3.88. The molecule has 7 nitrogen and oxygen atoms in total. The molecule has 1 aliphatic heterocycles. The lowest BCUT2D eigenvalue weighted by molar-refractivity contribution is -0.129. The highest BCUT2D eigenvalue weighted by Gasteiger charge is 2.32. The van der Waals surface area contributed by atoms with Gasteiger partial charge in [0.15, 0.2) is 0 Å². The van der Waals surface area contributed by atoms with Crippen LogP contribution >= 0.6 is 0 Å². The fraction of sp³-hybridized carbons (Fsp3) is 0.176. The Morgan fingerprint density at radius 1 is 1.20 bits per heavy atom. The smallest absolute Gasteiger partial charge is 0.278 e. The maximum absolute atomic E-state index is 12.3. The number of oxime groups is 1. The van der Waals surface area contributed by atoms with E-state index in [2.05, 4.69) is 5.16 Å². The maximum atomic E-state index is 12.3. The van der Waals surface area contributed by atoms with Crippen LogP contribution in [-0.2, 0) is 19.7 Å². The van der Waals surface area contributed by atoms with Crippen molar-refractivity contribution in [2.24, 2.45) is 5.16 Å². The summed E-state index contributed by atoms with van der Waals surface area (Å²) < 4.78 is 31.7. The summed E-state index contributed by atoms with van der Waals surface area (Å²) in [7, 11) is -2.59. The Labute approximate surface area is 145 Å². The fourth-order valence-electron chi connectivity index (χ4n) is 2.34. The zero-order chi connectivity index (χ0) is 17.9. The molecule has 0 saturated heterocycles. The van der Waals surface area contributed by atoms with Gasteiger partial charge in [0, 0.05) is 12.5 Å². The third-order valence-electron chi connectivity index (χ3n) is 3.65. The van der Waals surface area contributed by atoms with E-state index in [1.807, 2.05) is 35.1 Å². The normalized spacial score (nSPS) is 16.7. The van der Waals surface area contributed by atoms with Crippen LogP contribution in [0.25, 0.3) is 0 Å². The summed E-state index contributed by atoms with van der Waals surface area (Å²) in [6.07, 6.45) is -0.792. The molecular formula is C17H16N2O5S. The van der Waals surface area contributed by atoms with Crippen LogP contribution in [0.3, 0.4) is 0 Å². The molecule has 1 aliphatic rings. The molecule has 0 fully saturated rings. The van der Waals surface area contributed by atoms with E-state index in [1.54, 1.807) is 6.07 Å². The molecule has 1 atom stereocenters. The third kappa shape index (κ3) is 3.80. The Bertz CT molecular complexity index is 910. The summed E-state index contributed by atoms with van der Waals surface area (Å²) >= 11 is 0. The van der Waals surface area contributed by atoms with E-state index >= 15 is 0 Å². The van der Waals surface area contributed by atoms with E-state index < -0.39 is 22.0 Å². The number of ether oxygens (including phenoxy) is 1. The van der Waals surface area contributed by atoms with Gasteiger partial charge in [-0.1, -0.05) is 41.6 Å². The van der Waals surface area contributed by atoms with E-state index in [0.29, 0.717) is 11.5 Å². The van der Waals surface area contributed by atoms with Crippen LogP contribution in [0.5, 0.6) is 5.75 Å². The molecule has 1 N–H and O–H groups in total. The molecule has 130 valence electrons. The van der Waals surface area contributed by atoms with Crippen molar-refractivity contribution >= 4 is 21.6 Å². The summed E-state index contributed by atoms with van der Waals surface area (Å²) in [5.41, 5.74) is 1.42. The zero-order valence-electron chi connectivity index (χ0n) is 13.4. The molecule has 8 heteroatoms. The molecule has 2 aromatic rings. The number of hydrogen-bond donors (Lipinski definition) is 1. The third-order valence-corrected chi connectivity index (χ3v) is 5.00. The molecule has 0 spiro atoms. The fourth-order valence-corrected chi connectivity index (χ4v) is 3.39. The molecule has 0 saturated carbocycles. The van der Waals surface area contributed by atoms with Crippen LogP contribution in [0.15, 0.2) is 64.6 Å². The number of carbonyl (C=O) groups is 1. The first kappa shape index (κ1) is 17.0. The highest BCUT2D eigenvalue weighted by Crippen LogP contribution is 2.19. The first-order valence-electron chi connectivity index (χ1n) is 7.48. The number of rotatable bonds is 5. The van der Waals surface area contributed by atoms with Gasteiger partial charge in [-0.15, -0.1) is 0 Å². The van der Waals surface area contributed by atoms with E-state index in [1.165, 1.54) is 25.3 Å². The number of hydrogen-bond acceptors (Lipinski definition) is 6. The van der Waals surface area contributed by atoms with Crippen LogP contribution in [0.2, 0.25) is 0 Å². The van der Waals surface area contributed by atoms with E-state index in [9.17, 15) is 13.2 Å². The lowest BCUT2D eigenvalue weighted by Gasteiger charge is -2.11. The average molecular weight is 360 g/mol. The number of amides is 1. The van der Waals surface area contributed by atoms with Gasteiger partial charge in [0.2, 0.25) is 6.10 Å². The second kappa shape index (κ2) is 6.94. The largest absolute Gasteiger partial charge is 0.497 e. The van der Waals surface area contributed by atoms with Crippen LogP contribution < -0.4 is 9.46 Å². The van der Waals surface area contributed by atoms with Crippen LogP contribution in [0, 0.1) is 0 Å². The van der Waals surface area contributed by atoms with Gasteiger partial charge in [0.05, 0.1) is 17.7 Å². The standard InChI is InChI=1S/C17H16N2O5S/c1-23-13-8-5-9-14(10-13)25(21,22)19-17(20)16-11-15(18-24-16)12-6-3-2-4-7-12/h2-10,16H,11H2,1H3,(H,19,20)/t16-/m1/s1. The number of carbonyl (C=O) groups excluding carboxylic acids is 1. The van der Waals surface area contributed by atoms with E-state index in [4.69, 9.17) is 9.57 Å². The highest BCUT2D eigenvalue weighted by atomic mass is 32.2. The van der Waals surface area contributed by atoms with Crippen LogP contribution in [0.1, 0.15) is 12.0 Å². The molecule has 0 aliphatic carbocycles. The molecule has 1 heterocycles. The van der Waals surface area contributed by atoms with Crippen molar-refractivity contribution in [2.75, 3.05) is 7.11 Å². The predicted molar refractivity (Wildman–Crippen MR) is 90.8 cm³/mol. The Morgan fingerprint density at radius 3 is 2.68 bits per heavy atom. The molecule has 0 unspecified atom stereocenters. The minimum Gasteiger partial charge on any atom is -0.497 e. The minimum atomic E-state index is -4.02. The Kier molecular flexibility index (Phi) is 4.71. The van der Waals surface area contributed by atoms with Crippen molar-refractivity contribution in [1.82, 2.24) is 4.72 Å². The second-order valence-corrected chi connectivity index (χ2v) is 7.03. The summed E-state index contributed by atoms with van der Waals surface area (Å²) in [4.78, 5) is 17.3. The molecule has 3 rings (SSSR count). The first-order valence-corrected chi connectivity index (χ1v) is 8.97. The van der Waals surface area contributed by atoms with Crippen LogP contribution in [-0.4, -0.2) is 33.3 Å². The van der Waals surface area contributed by atoms with Crippen molar-refractivity contribution < 1.29 is 22.8 Å². The lowest BCUT2D eigenvalue weighted by atomic mass is 10.1. The SMILES string of the molecule is COc1cccc(S(=O)(=O)NC(=O)[C@H]2CC(c3ccccc3)=NO2)c1. The molecule has 2 aromatic carbocycles. The van der Waals surface area contributed by atoms with Gasteiger partial charge in [0.1, 0.15) is 5.75 Å². The van der Waals surface area contributed by atoms with Crippen molar-refractivity contribution in [1.29, 1.82) is 0 Å². The molecule has 0 radical (unpaired) electrons. The Balaban J connectivity index is 1.68. The number of sulfonamides is 1. The number of nitrogens with one attached hydrogen (secondary N) is 1. The average Bonchev–Trinajstić information content (AvgIpc) is 3.12. The van der Waals surface area contributed by atoms with Gasteiger partial charge in [-0.2, -0.15) is 0 Å². The minimum absolute atomic E-state index is 0.0672. The lowest BCUT2D eigenvalue weighted by Crippen LogP contribution is -2.38. The van der Waals surface area contributed by atoms with E-state index in [-0.39, 0.29) is 11.3 Å². The summed E-state index contributed by atoms with van der Waals surface area (Å²) in [5.74, 6) is -0.389. The predicted octanol–water partition coefficient (Wildman–Crippen LogP) is 1.69. The first-order chi connectivity index (χ1) is 12.0. The van der Waals surface area contributed by atoms with Crippen molar-refractivity contribution in [3.8, 4) is 5.75 Å². The molecular weight excluding hydrogens is 344 g/mol. The topological polar surface area (TPSA) is 94.1 Å². The second-order valence-electron chi connectivity index (χ2n) is 5.35. The maximum Gasteiger partial charge on any atom is 0.278 e. The number of nitrogens with zero attached hydrogens (tertiary/aromatic N) is 1. The van der Waals surface area contributed by atoms with Crippen molar-refractivity contribution in [2.45, 2.75) is 17.4 Å². The van der Waals surface area contributed by atoms with Gasteiger partial charge in [-0.25, -0.2) is 13.1 Å². The van der Waals surface area contributed by atoms with Gasteiger partial charge in [-0.3, -0.25) is 4.79 Å². The Hall–Kier alpha value is -2.87. The quantitative estimate of drug-likeness (QED) is 0.876. The molecule has 1 amide bonds. The van der Waals surface area contributed by atoms with E-state index in [0.717, 1.165) is 5.56 Å². The molecule has 0 aromatic heterocycles. The number of methoxy groups -OCH3 is 1. The van der Waals surface area contributed by atoms with Gasteiger partial charge < -0.3 is 9.57 Å². The molecule has 25 heavy (non-hydrogen) atoms. The van der Waals surface area contributed by atoms with Gasteiger partial charge in [-0.05, 0) is 17.7 Å². The monoisotopic (exact) mass is 360 g/mol. The summed E-state index contributed by atoms with van der Waals surface area (Å²) in [6, 6.07) is 15.1. The van der Waals surface area contributed by atoms with Crippen molar-refractivity contribution in [3.05, 3.63) is 60.2 Å². The number of benzene rings is 2. The van der Waals surface area contributed by atoms with Gasteiger partial charge >= 0.3 is 0 Å².